The van der Waals surface area contributed by atoms with Crippen LogP contribution in [0.1, 0.15) is 64.8 Å². The van der Waals surface area contributed by atoms with Crippen LogP contribution in [0.15, 0.2) is 42.7 Å². The van der Waals surface area contributed by atoms with Gasteiger partial charge in [0.1, 0.15) is 0 Å². The Bertz CT molecular complexity index is 1040. The summed E-state index contributed by atoms with van der Waals surface area (Å²) in [5.41, 5.74) is 5.45. The van der Waals surface area contributed by atoms with Crippen LogP contribution in [0, 0.1) is 0 Å². The zero-order valence-electron chi connectivity index (χ0n) is 15.8. The Hall–Kier alpha value is -2.88. The highest BCUT2D eigenvalue weighted by Crippen LogP contribution is 2.40. The number of hydrogen-bond acceptors (Lipinski definition) is 2. The largest absolute Gasteiger partial charge is 0.478 e. The standard InChI is InChI=1S/C23H24N2O2/c1-3-4-5-17-10-15(11-18-8-9-25(2)22(17)18)12-21-20(23(26)27)13-19(14-24-21)16-6-7-16/h4-5,8-11,13-14,16H,3,6-7,12H2,1-2H3,(H,26,27)/b5-4+. The highest BCUT2D eigenvalue weighted by molar-refractivity contribution is 5.90. The molecule has 1 saturated carbocycles. The Kier molecular flexibility index (Phi) is 4.56. The van der Waals surface area contributed by atoms with E-state index in [1.165, 1.54) is 5.52 Å². The second-order valence-electron chi connectivity index (χ2n) is 7.38. The van der Waals surface area contributed by atoms with Gasteiger partial charge in [-0.1, -0.05) is 19.1 Å². The molecule has 0 amide bonds. The summed E-state index contributed by atoms with van der Waals surface area (Å²) in [6, 6.07) is 8.21. The minimum atomic E-state index is -0.896. The van der Waals surface area contributed by atoms with E-state index in [4.69, 9.17) is 0 Å². The van der Waals surface area contributed by atoms with Crippen LogP contribution in [-0.2, 0) is 13.5 Å². The van der Waals surface area contributed by atoms with E-state index in [0.717, 1.165) is 41.3 Å². The fourth-order valence-corrected chi connectivity index (χ4v) is 3.69. The van der Waals surface area contributed by atoms with Crippen molar-refractivity contribution < 1.29 is 9.90 Å². The number of aromatic carboxylic acids is 1. The molecular weight excluding hydrogens is 336 g/mol. The Morgan fingerprint density at radius 1 is 1.33 bits per heavy atom. The zero-order chi connectivity index (χ0) is 19.0. The zero-order valence-corrected chi connectivity index (χ0v) is 15.8. The summed E-state index contributed by atoms with van der Waals surface area (Å²) in [4.78, 5) is 16.3. The molecule has 1 aliphatic rings. The molecule has 1 N–H and O–H groups in total. The molecule has 4 rings (SSSR count). The van der Waals surface area contributed by atoms with Crippen LogP contribution in [0.5, 0.6) is 0 Å². The highest BCUT2D eigenvalue weighted by Gasteiger charge is 2.26. The first-order valence-electron chi connectivity index (χ1n) is 9.53. The Balaban J connectivity index is 1.75. The van der Waals surface area contributed by atoms with Crippen molar-refractivity contribution in [2.75, 3.05) is 0 Å². The molecule has 2 heterocycles. The van der Waals surface area contributed by atoms with Crippen molar-refractivity contribution in [2.24, 2.45) is 7.05 Å². The Morgan fingerprint density at radius 2 is 2.15 bits per heavy atom. The van der Waals surface area contributed by atoms with E-state index >= 15 is 0 Å². The first-order valence-corrected chi connectivity index (χ1v) is 9.53. The van der Waals surface area contributed by atoms with Gasteiger partial charge in [-0.3, -0.25) is 4.98 Å². The monoisotopic (exact) mass is 360 g/mol. The van der Waals surface area contributed by atoms with Gasteiger partial charge in [-0.2, -0.15) is 0 Å². The first kappa shape index (κ1) is 17.5. The fraction of sp³-hybridized carbons (Fsp3) is 0.304. The lowest BCUT2D eigenvalue weighted by Gasteiger charge is -2.10. The number of aryl methyl sites for hydroxylation is 1. The number of benzene rings is 1. The number of pyridine rings is 1. The minimum Gasteiger partial charge on any atom is -0.478 e. The molecule has 0 unspecified atom stereocenters. The lowest BCUT2D eigenvalue weighted by atomic mass is 9.99. The molecule has 0 aliphatic heterocycles. The molecule has 0 spiro atoms. The molecule has 1 fully saturated rings. The van der Waals surface area contributed by atoms with Gasteiger partial charge < -0.3 is 9.67 Å². The summed E-state index contributed by atoms with van der Waals surface area (Å²) in [6.07, 6.45) is 12.0. The van der Waals surface area contributed by atoms with Crippen LogP contribution in [-0.4, -0.2) is 20.6 Å². The number of hydrogen-bond donors (Lipinski definition) is 1. The van der Waals surface area contributed by atoms with E-state index in [9.17, 15) is 9.90 Å². The number of carboxylic acid groups (broad SMARTS) is 1. The molecule has 0 atom stereocenters. The molecule has 4 nitrogen and oxygen atoms in total. The van der Waals surface area contributed by atoms with Gasteiger partial charge in [-0.15, -0.1) is 0 Å². The number of fused-ring (bicyclic) bond motifs is 1. The predicted molar refractivity (Wildman–Crippen MR) is 108 cm³/mol. The molecule has 27 heavy (non-hydrogen) atoms. The number of aromatic nitrogens is 2. The van der Waals surface area contributed by atoms with Crippen LogP contribution in [0.25, 0.3) is 17.0 Å². The third kappa shape index (κ3) is 3.52. The normalized spacial score (nSPS) is 14.3. The molecule has 0 radical (unpaired) electrons. The van der Waals surface area contributed by atoms with Crippen LogP contribution in [0.2, 0.25) is 0 Å². The van der Waals surface area contributed by atoms with Gasteiger partial charge in [-0.05, 0) is 66.1 Å². The summed E-state index contributed by atoms with van der Waals surface area (Å²) < 4.78 is 2.12. The van der Waals surface area contributed by atoms with Crippen molar-refractivity contribution in [3.63, 3.8) is 0 Å². The molecule has 138 valence electrons. The first-order chi connectivity index (χ1) is 13.1. The minimum absolute atomic E-state index is 0.332. The summed E-state index contributed by atoms with van der Waals surface area (Å²) in [5, 5.41) is 10.8. The molecule has 2 aromatic heterocycles. The molecular formula is C23H24N2O2. The third-order valence-corrected chi connectivity index (χ3v) is 5.23. The van der Waals surface area contributed by atoms with Gasteiger partial charge >= 0.3 is 5.97 Å². The maximum absolute atomic E-state index is 11.8. The van der Waals surface area contributed by atoms with Crippen LogP contribution in [0.4, 0.5) is 0 Å². The van der Waals surface area contributed by atoms with E-state index in [-0.39, 0.29) is 0 Å². The van der Waals surface area contributed by atoms with Crippen LogP contribution in [0.3, 0.4) is 0 Å². The summed E-state index contributed by atoms with van der Waals surface area (Å²) in [5.74, 6) is -0.400. The number of carbonyl (C=O) groups is 1. The molecule has 0 saturated heterocycles. The molecule has 1 aliphatic carbocycles. The SMILES string of the molecule is CC/C=C/c1cc(Cc2ncc(C3CC3)cc2C(=O)O)cc2ccn(C)c12. The highest BCUT2D eigenvalue weighted by atomic mass is 16.4. The van der Waals surface area contributed by atoms with Gasteiger partial charge in [0.05, 0.1) is 16.8 Å². The quantitative estimate of drug-likeness (QED) is 0.660. The van der Waals surface area contributed by atoms with Crippen LogP contribution < -0.4 is 0 Å². The second-order valence-corrected chi connectivity index (χ2v) is 7.38. The molecule has 4 heteroatoms. The van der Waals surface area contributed by atoms with Gasteiger partial charge in [0, 0.05) is 31.2 Å². The number of carboxylic acids is 1. The average Bonchev–Trinajstić information content (AvgIpc) is 3.43. The van der Waals surface area contributed by atoms with Crippen molar-refractivity contribution in [3.8, 4) is 0 Å². The number of allylic oxidation sites excluding steroid dienone is 1. The topological polar surface area (TPSA) is 55.1 Å². The maximum atomic E-state index is 11.8. The van der Waals surface area contributed by atoms with Crippen LogP contribution >= 0.6 is 0 Å². The van der Waals surface area contributed by atoms with E-state index in [1.807, 2.05) is 19.3 Å². The summed E-state index contributed by atoms with van der Waals surface area (Å²) >= 11 is 0. The van der Waals surface area contributed by atoms with E-state index in [1.54, 1.807) is 0 Å². The molecule has 1 aromatic carbocycles. The van der Waals surface area contributed by atoms with Gasteiger partial charge in [-0.25, -0.2) is 4.79 Å². The van der Waals surface area contributed by atoms with E-state index in [0.29, 0.717) is 23.6 Å². The summed E-state index contributed by atoms with van der Waals surface area (Å²) in [6.45, 7) is 2.12. The maximum Gasteiger partial charge on any atom is 0.337 e. The van der Waals surface area contributed by atoms with E-state index in [2.05, 4.69) is 53.0 Å². The van der Waals surface area contributed by atoms with Crippen molar-refractivity contribution in [2.45, 2.75) is 38.5 Å². The van der Waals surface area contributed by atoms with Gasteiger partial charge in [0.2, 0.25) is 0 Å². The van der Waals surface area contributed by atoms with Crippen molar-refractivity contribution in [1.82, 2.24) is 9.55 Å². The fourth-order valence-electron chi connectivity index (χ4n) is 3.69. The lowest BCUT2D eigenvalue weighted by Crippen LogP contribution is -2.07. The van der Waals surface area contributed by atoms with Gasteiger partial charge in [0.25, 0.3) is 0 Å². The smallest absolute Gasteiger partial charge is 0.337 e. The molecule has 0 bridgehead atoms. The summed E-state index contributed by atoms with van der Waals surface area (Å²) in [7, 11) is 2.05. The lowest BCUT2D eigenvalue weighted by molar-refractivity contribution is 0.0695. The molecule has 3 aromatic rings. The predicted octanol–water partition coefficient (Wildman–Crippen LogP) is 5.16. The Labute approximate surface area is 159 Å². The number of rotatable bonds is 6. The number of nitrogens with zero attached hydrogens (tertiary/aromatic N) is 2. The van der Waals surface area contributed by atoms with E-state index < -0.39 is 5.97 Å². The van der Waals surface area contributed by atoms with Gasteiger partial charge in [0.15, 0.2) is 0 Å². The Morgan fingerprint density at radius 3 is 2.85 bits per heavy atom. The van der Waals surface area contributed by atoms with Crippen molar-refractivity contribution in [3.05, 3.63) is 70.7 Å². The third-order valence-electron chi connectivity index (χ3n) is 5.23. The van der Waals surface area contributed by atoms with Crippen molar-refractivity contribution >= 4 is 22.9 Å². The second kappa shape index (κ2) is 7.03. The average molecular weight is 360 g/mol. The van der Waals surface area contributed by atoms with Crippen molar-refractivity contribution in [1.29, 1.82) is 0 Å².